The third-order valence-electron chi connectivity index (χ3n) is 4.17. The van der Waals surface area contributed by atoms with Crippen LogP contribution < -0.4 is 10.6 Å². The molecular formula is C13H21N3O2S. The molecule has 1 aliphatic carbocycles. The maximum Gasteiger partial charge on any atom is 0.279 e. The molecule has 19 heavy (non-hydrogen) atoms. The number of likely N-dealkylation sites (tertiary alicyclic amines) is 1. The molecule has 0 bridgehead atoms. The molecule has 3 fully saturated rings. The maximum absolute atomic E-state index is 12.2. The van der Waals surface area contributed by atoms with Gasteiger partial charge in [-0.2, -0.15) is 0 Å². The zero-order valence-electron chi connectivity index (χ0n) is 11.1. The molecule has 2 amide bonds. The molecular weight excluding hydrogens is 262 g/mol. The van der Waals surface area contributed by atoms with Crippen LogP contribution in [0.25, 0.3) is 0 Å². The quantitative estimate of drug-likeness (QED) is 0.801. The fourth-order valence-corrected chi connectivity index (χ4v) is 3.47. The van der Waals surface area contributed by atoms with E-state index in [0.29, 0.717) is 11.8 Å². The van der Waals surface area contributed by atoms with Crippen LogP contribution in [0.1, 0.15) is 25.7 Å². The van der Waals surface area contributed by atoms with E-state index in [-0.39, 0.29) is 17.2 Å². The number of carbonyl (C=O) groups excluding carboxylic acids is 2. The minimum Gasteiger partial charge on any atom is -0.341 e. The van der Waals surface area contributed by atoms with Crippen molar-refractivity contribution in [3.8, 4) is 0 Å². The Morgan fingerprint density at radius 2 is 2.05 bits per heavy atom. The van der Waals surface area contributed by atoms with Crippen molar-refractivity contribution in [2.45, 2.75) is 37.8 Å². The van der Waals surface area contributed by atoms with Crippen LogP contribution >= 0.6 is 11.8 Å². The highest BCUT2D eigenvalue weighted by Crippen LogP contribution is 2.28. The minimum absolute atomic E-state index is 0.0701. The summed E-state index contributed by atoms with van der Waals surface area (Å²) in [6, 6.07) is 0.269. The number of hydrogen-bond acceptors (Lipinski definition) is 4. The Morgan fingerprint density at radius 1 is 1.32 bits per heavy atom. The Kier molecular flexibility index (Phi) is 3.98. The molecule has 3 aliphatic rings. The molecule has 2 aliphatic heterocycles. The van der Waals surface area contributed by atoms with Crippen LogP contribution in [0.4, 0.5) is 4.79 Å². The molecule has 6 heteroatoms. The molecule has 0 aromatic rings. The summed E-state index contributed by atoms with van der Waals surface area (Å²) >= 11 is 1.21. The van der Waals surface area contributed by atoms with E-state index in [9.17, 15) is 9.59 Å². The fraction of sp³-hybridized carbons (Fsp3) is 0.846. The van der Waals surface area contributed by atoms with Crippen molar-refractivity contribution in [1.29, 1.82) is 0 Å². The van der Waals surface area contributed by atoms with Crippen molar-refractivity contribution >= 4 is 22.9 Å². The molecule has 106 valence electrons. The van der Waals surface area contributed by atoms with Gasteiger partial charge >= 0.3 is 0 Å². The van der Waals surface area contributed by atoms with Crippen LogP contribution in [-0.4, -0.2) is 53.5 Å². The standard InChI is InChI=1S/C13H21N3O2S/c17-12(11-8-19-13(18)15-11)16-5-3-10(4-6-16)14-7-9-1-2-9/h9-11,14H,1-8H2,(H,15,18). The minimum atomic E-state index is -0.298. The van der Waals surface area contributed by atoms with E-state index in [4.69, 9.17) is 0 Å². The number of amides is 2. The molecule has 0 aromatic carbocycles. The van der Waals surface area contributed by atoms with Gasteiger partial charge in [0.05, 0.1) is 0 Å². The second-order valence-electron chi connectivity index (χ2n) is 5.75. The second kappa shape index (κ2) is 5.71. The van der Waals surface area contributed by atoms with Crippen LogP contribution in [-0.2, 0) is 4.79 Å². The lowest BCUT2D eigenvalue weighted by Gasteiger charge is -2.33. The van der Waals surface area contributed by atoms with Crippen molar-refractivity contribution in [2.75, 3.05) is 25.4 Å². The Bertz CT molecular complexity index is 365. The molecule has 2 heterocycles. The van der Waals surface area contributed by atoms with Crippen LogP contribution in [0.5, 0.6) is 0 Å². The van der Waals surface area contributed by atoms with Crippen molar-refractivity contribution in [3.05, 3.63) is 0 Å². The highest BCUT2D eigenvalue weighted by molar-refractivity contribution is 8.14. The van der Waals surface area contributed by atoms with Gasteiger partial charge in [-0.25, -0.2) is 0 Å². The summed E-state index contributed by atoms with van der Waals surface area (Å²) in [5.74, 6) is 1.58. The average Bonchev–Trinajstić information content (AvgIpc) is 3.17. The van der Waals surface area contributed by atoms with E-state index < -0.39 is 0 Å². The Hall–Kier alpha value is -0.750. The van der Waals surface area contributed by atoms with Crippen molar-refractivity contribution in [2.24, 2.45) is 5.92 Å². The van der Waals surface area contributed by atoms with Gasteiger partial charge in [0.15, 0.2) is 0 Å². The van der Waals surface area contributed by atoms with Crippen LogP contribution in [0.15, 0.2) is 0 Å². The van der Waals surface area contributed by atoms with Gasteiger partial charge in [0.1, 0.15) is 6.04 Å². The van der Waals surface area contributed by atoms with E-state index in [1.165, 1.54) is 24.6 Å². The summed E-state index contributed by atoms with van der Waals surface area (Å²) in [7, 11) is 0. The lowest BCUT2D eigenvalue weighted by molar-refractivity contribution is -0.133. The number of piperidine rings is 1. The van der Waals surface area contributed by atoms with Gasteiger partial charge in [-0.3, -0.25) is 9.59 Å². The zero-order valence-corrected chi connectivity index (χ0v) is 11.9. The van der Waals surface area contributed by atoms with Crippen LogP contribution in [0.3, 0.4) is 0 Å². The zero-order chi connectivity index (χ0) is 13.2. The Morgan fingerprint density at radius 3 is 2.63 bits per heavy atom. The molecule has 2 N–H and O–H groups in total. The van der Waals surface area contributed by atoms with E-state index in [0.717, 1.165) is 38.4 Å². The first-order valence-corrected chi connectivity index (χ1v) is 8.16. The van der Waals surface area contributed by atoms with E-state index in [2.05, 4.69) is 10.6 Å². The van der Waals surface area contributed by atoms with Gasteiger partial charge < -0.3 is 15.5 Å². The van der Waals surface area contributed by atoms with Crippen LogP contribution in [0, 0.1) is 5.92 Å². The summed E-state index contributed by atoms with van der Waals surface area (Å²) in [6.07, 6.45) is 4.82. The summed E-state index contributed by atoms with van der Waals surface area (Å²) in [5, 5.41) is 6.27. The van der Waals surface area contributed by atoms with Crippen molar-refractivity contribution in [3.63, 3.8) is 0 Å². The van der Waals surface area contributed by atoms with Gasteiger partial charge in [0, 0.05) is 24.9 Å². The number of nitrogens with zero attached hydrogens (tertiary/aromatic N) is 1. The summed E-state index contributed by atoms with van der Waals surface area (Å²) in [4.78, 5) is 25.2. The van der Waals surface area contributed by atoms with Gasteiger partial charge in [0.2, 0.25) is 5.91 Å². The smallest absolute Gasteiger partial charge is 0.279 e. The fourth-order valence-electron chi connectivity index (χ4n) is 2.70. The van der Waals surface area contributed by atoms with Gasteiger partial charge in [-0.1, -0.05) is 11.8 Å². The van der Waals surface area contributed by atoms with Crippen LogP contribution in [0.2, 0.25) is 0 Å². The number of hydrogen-bond donors (Lipinski definition) is 2. The maximum atomic E-state index is 12.2. The monoisotopic (exact) mass is 283 g/mol. The predicted molar refractivity (Wildman–Crippen MR) is 75.1 cm³/mol. The molecule has 0 radical (unpaired) electrons. The predicted octanol–water partition coefficient (Wildman–Crippen LogP) is 0.802. The molecule has 0 spiro atoms. The molecule has 2 saturated heterocycles. The summed E-state index contributed by atoms with van der Waals surface area (Å²) in [6.45, 7) is 2.78. The van der Waals surface area contributed by atoms with Crippen molar-refractivity contribution < 1.29 is 9.59 Å². The summed E-state index contributed by atoms with van der Waals surface area (Å²) < 4.78 is 0. The lowest BCUT2D eigenvalue weighted by atomic mass is 10.0. The third-order valence-corrected chi connectivity index (χ3v) is 5.05. The topological polar surface area (TPSA) is 61.4 Å². The largest absolute Gasteiger partial charge is 0.341 e. The Labute approximate surface area is 117 Å². The normalized spacial score (nSPS) is 28.5. The number of carbonyl (C=O) groups is 2. The highest BCUT2D eigenvalue weighted by Gasteiger charge is 2.33. The number of nitrogens with one attached hydrogen (secondary N) is 2. The SMILES string of the molecule is O=C1NC(C(=O)N2CCC(NCC3CC3)CC2)CS1. The second-order valence-corrected chi connectivity index (χ2v) is 6.74. The first kappa shape index (κ1) is 13.2. The average molecular weight is 283 g/mol. The van der Waals surface area contributed by atoms with Gasteiger partial charge in [-0.15, -0.1) is 0 Å². The number of rotatable bonds is 4. The van der Waals surface area contributed by atoms with E-state index in [1.54, 1.807) is 0 Å². The Balaban J connectivity index is 1.41. The molecule has 1 atom stereocenters. The lowest BCUT2D eigenvalue weighted by Crippen LogP contribution is -2.51. The van der Waals surface area contributed by atoms with Gasteiger partial charge in [0.25, 0.3) is 5.24 Å². The first-order valence-electron chi connectivity index (χ1n) is 7.18. The third kappa shape index (κ3) is 3.42. The molecule has 1 saturated carbocycles. The summed E-state index contributed by atoms with van der Waals surface area (Å²) in [5.41, 5.74) is 0. The number of thioether (sulfide) groups is 1. The van der Waals surface area contributed by atoms with Gasteiger partial charge in [-0.05, 0) is 38.1 Å². The molecule has 0 aromatic heterocycles. The first-order chi connectivity index (χ1) is 9.22. The highest BCUT2D eigenvalue weighted by atomic mass is 32.2. The van der Waals surface area contributed by atoms with Crippen molar-refractivity contribution in [1.82, 2.24) is 15.5 Å². The molecule has 3 rings (SSSR count). The van der Waals surface area contributed by atoms with E-state index >= 15 is 0 Å². The van der Waals surface area contributed by atoms with E-state index in [1.807, 2.05) is 4.90 Å². The molecule has 5 nitrogen and oxygen atoms in total. The molecule has 1 unspecified atom stereocenters.